The van der Waals surface area contributed by atoms with Crippen LogP contribution in [0.2, 0.25) is 0 Å². The number of ether oxygens (including phenoxy) is 1. The predicted octanol–water partition coefficient (Wildman–Crippen LogP) is 1.73. The van der Waals surface area contributed by atoms with E-state index in [0.717, 1.165) is 12.1 Å². The second kappa shape index (κ2) is 15.7. The number of fused-ring (bicyclic) bond motifs is 1. The van der Waals surface area contributed by atoms with Gasteiger partial charge < -0.3 is 30.6 Å². The van der Waals surface area contributed by atoms with Crippen LogP contribution >= 0.6 is 24.8 Å². The van der Waals surface area contributed by atoms with Gasteiger partial charge in [-0.1, -0.05) is 24.3 Å². The van der Waals surface area contributed by atoms with Crippen molar-refractivity contribution >= 4 is 59.5 Å². The van der Waals surface area contributed by atoms with Crippen molar-refractivity contribution in [3.63, 3.8) is 0 Å². The number of imidazole rings is 1. The number of hydrogen-bond acceptors (Lipinski definition) is 7. The number of rotatable bonds is 12. The molecular formula is C26H35Cl2N7O4. The number of carbonyl (C=O) groups is 3. The highest BCUT2D eigenvalue weighted by molar-refractivity contribution is 5.97. The van der Waals surface area contributed by atoms with Crippen molar-refractivity contribution in [2.75, 3.05) is 40.3 Å². The molecule has 3 aromatic rings. The first-order chi connectivity index (χ1) is 17.7. The summed E-state index contributed by atoms with van der Waals surface area (Å²) in [6.07, 6.45) is 0.405. The van der Waals surface area contributed by atoms with E-state index in [1.165, 1.54) is 0 Å². The van der Waals surface area contributed by atoms with Crippen LogP contribution in [0.1, 0.15) is 34.2 Å². The summed E-state index contributed by atoms with van der Waals surface area (Å²) in [5, 5.41) is 13.0. The van der Waals surface area contributed by atoms with E-state index in [9.17, 15) is 14.4 Å². The smallest absolute Gasteiger partial charge is 0.325 e. The summed E-state index contributed by atoms with van der Waals surface area (Å²) in [6.45, 7) is 2.88. The first-order valence-corrected chi connectivity index (χ1v) is 12.0. The van der Waals surface area contributed by atoms with Crippen molar-refractivity contribution in [2.45, 2.75) is 19.9 Å². The number of hydrogen-bond donors (Lipinski definition) is 4. The minimum Gasteiger partial charge on any atom is -0.465 e. The number of esters is 1. The van der Waals surface area contributed by atoms with E-state index in [1.54, 1.807) is 41.8 Å². The Hall–Kier alpha value is -3.67. The molecule has 3 rings (SSSR count). The zero-order valence-electron chi connectivity index (χ0n) is 22.2. The molecule has 1 heterocycles. The Balaban J connectivity index is 0.00000380. The maximum atomic E-state index is 12.7. The van der Waals surface area contributed by atoms with Crippen molar-refractivity contribution in [3.8, 4) is 0 Å². The van der Waals surface area contributed by atoms with Crippen LogP contribution in [-0.2, 0) is 27.3 Å². The van der Waals surface area contributed by atoms with Crippen LogP contribution in [0, 0.1) is 5.41 Å². The van der Waals surface area contributed by atoms with Crippen LogP contribution in [0.3, 0.4) is 0 Å². The molecule has 2 aromatic carbocycles. The summed E-state index contributed by atoms with van der Waals surface area (Å²) in [4.78, 5) is 43.6. The van der Waals surface area contributed by atoms with Crippen LogP contribution in [-0.4, -0.2) is 78.4 Å². The van der Waals surface area contributed by atoms with E-state index >= 15 is 0 Å². The van der Waals surface area contributed by atoms with Crippen LogP contribution in [0.25, 0.3) is 11.0 Å². The second-order valence-electron chi connectivity index (χ2n) is 8.75. The molecule has 0 unspecified atom stereocenters. The maximum absolute atomic E-state index is 12.7. The molecule has 39 heavy (non-hydrogen) atoms. The average Bonchev–Trinajstić information content (AvgIpc) is 3.18. The van der Waals surface area contributed by atoms with Crippen molar-refractivity contribution in [1.82, 2.24) is 25.1 Å². The first-order valence-electron chi connectivity index (χ1n) is 12.0. The Morgan fingerprint density at radius 2 is 1.72 bits per heavy atom. The highest BCUT2D eigenvalue weighted by Gasteiger charge is 2.17. The van der Waals surface area contributed by atoms with Gasteiger partial charge in [0.1, 0.15) is 24.7 Å². The summed E-state index contributed by atoms with van der Waals surface area (Å²) < 4.78 is 6.63. The van der Waals surface area contributed by atoms with E-state index in [0.29, 0.717) is 41.0 Å². The molecule has 0 aliphatic rings. The lowest BCUT2D eigenvalue weighted by Crippen LogP contribution is -2.33. The second-order valence-corrected chi connectivity index (χ2v) is 8.75. The molecule has 5 N–H and O–H groups in total. The van der Waals surface area contributed by atoms with Gasteiger partial charge >= 0.3 is 5.97 Å². The van der Waals surface area contributed by atoms with E-state index in [4.69, 9.17) is 20.9 Å². The number of nitrogens with one attached hydrogen (secondary N) is 3. The molecule has 0 spiro atoms. The van der Waals surface area contributed by atoms with E-state index in [1.807, 2.05) is 31.1 Å². The quantitative estimate of drug-likeness (QED) is 0.144. The van der Waals surface area contributed by atoms with Crippen molar-refractivity contribution < 1.29 is 19.1 Å². The monoisotopic (exact) mass is 579 g/mol. The molecule has 11 nitrogen and oxygen atoms in total. The number of nitrogen functional groups attached to an aromatic ring is 1. The average molecular weight is 581 g/mol. The molecule has 0 atom stereocenters. The van der Waals surface area contributed by atoms with E-state index in [2.05, 4.69) is 10.6 Å². The fraction of sp³-hybridized carbons (Fsp3) is 0.346. The van der Waals surface area contributed by atoms with Gasteiger partial charge in [0.25, 0.3) is 5.91 Å². The lowest BCUT2D eigenvalue weighted by atomic mass is 10.1. The zero-order chi connectivity index (χ0) is 26.9. The summed E-state index contributed by atoms with van der Waals surface area (Å²) >= 11 is 0. The number of amides is 2. The Labute approximate surface area is 239 Å². The van der Waals surface area contributed by atoms with Crippen molar-refractivity contribution in [2.24, 2.45) is 5.73 Å². The van der Waals surface area contributed by atoms with Gasteiger partial charge in [-0.3, -0.25) is 19.8 Å². The molecule has 0 fully saturated rings. The Bertz CT molecular complexity index is 1290. The number of halogens is 2. The Morgan fingerprint density at radius 3 is 2.33 bits per heavy atom. The standard InChI is InChI=1S/C26H33N7O4.2ClH/c1-4-37-24(35)15-30-23(34)16-33-21-10-9-19(26(36)29-11-12-32(2)3)14-20(21)31-22(33)13-17-5-7-18(8-6-17)25(27)28;;/h5-10,14H,4,11-13,15-16H2,1-3H3,(H3,27,28)(H,29,36)(H,30,34);2*1H. The Morgan fingerprint density at radius 1 is 1.05 bits per heavy atom. The fourth-order valence-electron chi connectivity index (χ4n) is 3.69. The van der Waals surface area contributed by atoms with Gasteiger partial charge in [-0.15, -0.1) is 24.8 Å². The summed E-state index contributed by atoms with van der Waals surface area (Å²) in [5.74, 6) is -0.490. The van der Waals surface area contributed by atoms with E-state index < -0.39 is 5.97 Å². The molecule has 13 heteroatoms. The third kappa shape index (κ3) is 9.54. The highest BCUT2D eigenvalue weighted by Crippen LogP contribution is 2.21. The van der Waals surface area contributed by atoms with Gasteiger partial charge in [0.15, 0.2) is 0 Å². The number of nitrogens with zero attached hydrogens (tertiary/aromatic N) is 3. The molecule has 0 bridgehead atoms. The van der Waals surface area contributed by atoms with Gasteiger partial charge in [0.2, 0.25) is 5.91 Å². The van der Waals surface area contributed by atoms with Crippen LogP contribution in [0.4, 0.5) is 0 Å². The summed E-state index contributed by atoms with van der Waals surface area (Å²) in [7, 11) is 3.87. The number of aromatic nitrogens is 2. The number of likely N-dealkylation sites (N-methyl/N-ethyl adjacent to an activating group) is 1. The van der Waals surface area contributed by atoms with Crippen LogP contribution in [0.5, 0.6) is 0 Å². The fourth-order valence-corrected chi connectivity index (χ4v) is 3.69. The molecule has 0 saturated carbocycles. The lowest BCUT2D eigenvalue weighted by Gasteiger charge is -2.11. The molecule has 0 aliphatic heterocycles. The molecule has 212 valence electrons. The highest BCUT2D eigenvalue weighted by atomic mass is 35.5. The SMILES string of the molecule is CCOC(=O)CNC(=O)Cn1c(Cc2ccc(C(=N)N)cc2)nc2cc(C(=O)NCCN(C)C)ccc21.Cl.Cl. The van der Waals surface area contributed by atoms with E-state index in [-0.39, 0.29) is 62.2 Å². The third-order valence-corrected chi connectivity index (χ3v) is 5.60. The predicted molar refractivity (Wildman–Crippen MR) is 155 cm³/mol. The summed E-state index contributed by atoms with van der Waals surface area (Å²) in [6, 6.07) is 12.4. The topological polar surface area (TPSA) is 155 Å². The number of carbonyl (C=O) groups excluding carboxylic acids is 3. The minimum absolute atomic E-state index is 0. The summed E-state index contributed by atoms with van der Waals surface area (Å²) in [5.41, 5.74) is 8.81. The number of nitrogens with two attached hydrogens (primary N) is 1. The third-order valence-electron chi connectivity index (χ3n) is 5.60. The first kappa shape index (κ1) is 33.4. The van der Waals surface area contributed by atoms with Crippen molar-refractivity contribution in [1.29, 1.82) is 5.41 Å². The lowest BCUT2D eigenvalue weighted by molar-refractivity contribution is -0.143. The maximum Gasteiger partial charge on any atom is 0.325 e. The van der Waals surface area contributed by atoms with Crippen molar-refractivity contribution in [3.05, 3.63) is 65.0 Å². The number of amidine groups is 1. The normalized spacial score (nSPS) is 10.4. The number of benzene rings is 2. The van der Waals surface area contributed by atoms with Gasteiger partial charge in [0, 0.05) is 30.6 Å². The minimum atomic E-state index is -0.512. The van der Waals surface area contributed by atoms with Gasteiger partial charge in [0.05, 0.1) is 17.6 Å². The molecular weight excluding hydrogens is 545 g/mol. The molecule has 1 aromatic heterocycles. The molecule has 2 amide bonds. The Kier molecular flexibility index (Phi) is 13.4. The van der Waals surface area contributed by atoms with Crippen LogP contribution < -0.4 is 16.4 Å². The molecule has 0 saturated heterocycles. The van der Waals surface area contributed by atoms with Crippen LogP contribution in [0.15, 0.2) is 42.5 Å². The molecule has 0 radical (unpaired) electrons. The van der Waals surface area contributed by atoms with Gasteiger partial charge in [-0.2, -0.15) is 0 Å². The largest absolute Gasteiger partial charge is 0.465 e. The van der Waals surface area contributed by atoms with Gasteiger partial charge in [-0.05, 0) is 44.8 Å². The molecule has 0 aliphatic carbocycles. The zero-order valence-corrected chi connectivity index (χ0v) is 23.8. The van der Waals surface area contributed by atoms with Gasteiger partial charge in [-0.25, -0.2) is 4.98 Å².